The van der Waals surface area contributed by atoms with Crippen molar-refractivity contribution in [1.29, 1.82) is 0 Å². The van der Waals surface area contributed by atoms with Crippen LogP contribution in [0.25, 0.3) is 0 Å². The van der Waals surface area contributed by atoms with Crippen LogP contribution in [0.3, 0.4) is 0 Å². The minimum Gasteiger partial charge on any atom is -0.434 e. The highest BCUT2D eigenvalue weighted by Gasteiger charge is 2.15. The fourth-order valence-corrected chi connectivity index (χ4v) is 2.41. The number of alkyl halides is 2. The molecule has 2 rings (SSSR count). The largest absolute Gasteiger partial charge is 0.434 e. The minimum absolute atomic E-state index is 0.0566. The molecule has 0 aliphatic rings. The van der Waals surface area contributed by atoms with Gasteiger partial charge in [-0.15, -0.1) is 11.3 Å². The van der Waals surface area contributed by atoms with Gasteiger partial charge in [0, 0.05) is 4.88 Å². The second-order valence-electron chi connectivity index (χ2n) is 4.41. The van der Waals surface area contributed by atoms with E-state index >= 15 is 0 Å². The van der Waals surface area contributed by atoms with Gasteiger partial charge in [-0.05, 0) is 23.6 Å². The summed E-state index contributed by atoms with van der Waals surface area (Å²) in [4.78, 5) is 24.6. The number of para-hydroxylation sites is 1. The standard InChI is InChI=1S/C15H14F2N2O3S/c16-15(17)22-12-6-2-1-5-11(12)14(21)19-9-13(20)18-8-10-4-3-7-23-10/h1-7,15H,8-9H2,(H,18,20)(H,19,21). The predicted octanol–water partition coefficient (Wildman–Crippen LogP) is 2.40. The van der Waals surface area contributed by atoms with E-state index in [0.717, 1.165) is 4.88 Å². The van der Waals surface area contributed by atoms with Gasteiger partial charge in [-0.1, -0.05) is 18.2 Å². The van der Waals surface area contributed by atoms with Gasteiger partial charge < -0.3 is 15.4 Å². The number of amides is 2. The molecule has 2 aromatic rings. The molecule has 0 atom stereocenters. The molecule has 1 aromatic carbocycles. The van der Waals surface area contributed by atoms with Crippen LogP contribution in [0.2, 0.25) is 0 Å². The van der Waals surface area contributed by atoms with Crippen molar-refractivity contribution in [2.45, 2.75) is 13.2 Å². The third-order valence-electron chi connectivity index (χ3n) is 2.80. The van der Waals surface area contributed by atoms with E-state index < -0.39 is 12.5 Å². The van der Waals surface area contributed by atoms with Crippen molar-refractivity contribution in [1.82, 2.24) is 10.6 Å². The molecule has 0 fully saturated rings. The Balaban J connectivity index is 1.85. The van der Waals surface area contributed by atoms with Crippen molar-refractivity contribution in [2.75, 3.05) is 6.54 Å². The number of carbonyl (C=O) groups is 2. The van der Waals surface area contributed by atoms with Crippen molar-refractivity contribution < 1.29 is 23.1 Å². The summed E-state index contributed by atoms with van der Waals surface area (Å²) in [6, 6.07) is 9.34. The zero-order valence-electron chi connectivity index (χ0n) is 11.9. The van der Waals surface area contributed by atoms with Crippen molar-refractivity contribution in [3.05, 3.63) is 52.2 Å². The van der Waals surface area contributed by atoms with Crippen LogP contribution in [0.1, 0.15) is 15.2 Å². The van der Waals surface area contributed by atoms with Crippen LogP contribution in [0.4, 0.5) is 8.78 Å². The zero-order chi connectivity index (χ0) is 16.7. The number of thiophene rings is 1. The summed E-state index contributed by atoms with van der Waals surface area (Å²) in [7, 11) is 0. The molecule has 1 aromatic heterocycles. The van der Waals surface area contributed by atoms with Gasteiger partial charge in [0.1, 0.15) is 5.75 Å². The Morgan fingerprint density at radius 3 is 2.61 bits per heavy atom. The monoisotopic (exact) mass is 340 g/mol. The lowest BCUT2D eigenvalue weighted by Crippen LogP contribution is -2.36. The minimum atomic E-state index is -3.03. The quantitative estimate of drug-likeness (QED) is 0.813. The van der Waals surface area contributed by atoms with Crippen LogP contribution in [0.15, 0.2) is 41.8 Å². The molecule has 2 N–H and O–H groups in total. The molecule has 0 aliphatic heterocycles. The number of nitrogens with one attached hydrogen (secondary N) is 2. The number of benzene rings is 1. The molecule has 122 valence electrons. The molecule has 8 heteroatoms. The van der Waals surface area contributed by atoms with Crippen LogP contribution in [0.5, 0.6) is 5.75 Å². The Morgan fingerprint density at radius 2 is 1.91 bits per heavy atom. The number of carbonyl (C=O) groups excluding carboxylic acids is 2. The first-order valence-corrected chi connectivity index (χ1v) is 7.55. The van der Waals surface area contributed by atoms with E-state index in [0.29, 0.717) is 6.54 Å². The van der Waals surface area contributed by atoms with E-state index in [1.54, 1.807) is 0 Å². The van der Waals surface area contributed by atoms with Crippen LogP contribution in [-0.4, -0.2) is 25.0 Å². The predicted molar refractivity (Wildman–Crippen MR) is 81.6 cm³/mol. The average molecular weight is 340 g/mol. The summed E-state index contributed by atoms with van der Waals surface area (Å²) in [5, 5.41) is 6.91. The first-order valence-electron chi connectivity index (χ1n) is 6.67. The van der Waals surface area contributed by atoms with E-state index in [1.807, 2.05) is 17.5 Å². The van der Waals surface area contributed by atoms with Gasteiger partial charge >= 0.3 is 6.61 Å². The van der Waals surface area contributed by atoms with E-state index in [1.165, 1.54) is 35.6 Å². The maximum atomic E-state index is 12.3. The highest BCUT2D eigenvalue weighted by molar-refractivity contribution is 7.09. The molecule has 0 unspecified atom stereocenters. The van der Waals surface area contributed by atoms with E-state index in [-0.39, 0.29) is 23.8 Å². The Kier molecular flexibility index (Phi) is 6.04. The topological polar surface area (TPSA) is 67.4 Å². The molecule has 2 amide bonds. The number of hydrogen-bond donors (Lipinski definition) is 2. The zero-order valence-corrected chi connectivity index (χ0v) is 12.7. The molecule has 0 bridgehead atoms. The number of ether oxygens (including phenoxy) is 1. The van der Waals surface area contributed by atoms with E-state index in [2.05, 4.69) is 15.4 Å². The van der Waals surface area contributed by atoms with Crippen molar-refractivity contribution in [2.24, 2.45) is 0 Å². The van der Waals surface area contributed by atoms with E-state index in [4.69, 9.17) is 0 Å². The lowest BCUT2D eigenvalue weighted by Gasteiger charge is -2.10. The first kappa shape index (κ1) is 16.9. The summed E-state index contributed by atoms with van der Waals surface area (Å²) in [6.07, 6.45) is 0. The van der Waals surface area contributed by atoms with Gasteiger partial charge in [0.15, 0.2) is 0 Å². The molecule has 23 heavy (non-hydrogen) atoms. The van der Waals surface area contributed by atoms with Crippen LogP contribution in [0, 0.1) is 0 Å². The molecule has 0 spiro atoms. The number of hydrogen-bond acceptors (Lipinski definition) is 4. The van der Waals surface area contributed by atoms with Crippen molar-refractivity contribution >= 4 is 23.2 Å². The first-order chi connectivity index (χ1) is 11.1. The fourth-order valence-electron chi connectivity index (χ4n) is 1.77. The van der Waals surface area contributed by atoms with Gasteiger partial charge in [0.2, 0.25) is 5.91 Å². The second kappa shape index (κ2) is 8.23. The highest BCUT2D eigenvalue weighted by atomic mass is 32.1. The number of halogens is 2. The average Bonchev–Trinajstić information content (AvgIpc) is 3.04. The summed E-state index contributed by atoms with van der Waals surface area (Å²) in [6.45, 7) is -2.91. The molecule has 0 saturated carbocycles. The van der Waals surface area contributed by atoms with Crippen LogP contribution in [-0.2, 0) is 11.3 Å². The third-order valence-corrected chi connectivity index (χ3v) is 3.67. The van der Waals surface area contributed by atoms with Crippen LogP contribution >= 0.6 is 11.3 Å². The molecule has 0 aliphatic carbocycles. The number of rotatable bonds is 7. The highest BCUT2D eigenvalue weighted by Crippen LogP contribution is 2.19. The molecular weight excluding hydrogens is 326 g/mol. The lowest BCUT2D eigenvalue weighted by atomic mass is 10.2. The summed E-state index contributed by atoms with van der Waals surface area (Å²) in [5.41, 5.74) is -0.0566. The van der Waals surface area contributed by atoms with E-state index in [9.17, 15) is 18.4 Å². The van der Waals surface area contributed by atoms with Crippen molar-refractivity contribution in [3.8, 4) is 5.75 Å². The third kappa shape index (κ3) is 5.33. The molecule has 0 radical (unpaired) electrons. The molecular formula is C15H14F2N2O3S. The smallest absolute Gasteiger partial charge is 0.387 e. The summed E-state index contributed by atoms with van der Waals surface area (Å²) in [5.74, 6) is -1.27. The second-order valence-corrected chi connectivity index (χ2v) is 5.45. The Labute approximate surface area is 135 Å². The Bertz CT molecular complexity index is 663. The SMILES string of the molecule is O=C(CNC(=O)c1ccccc1OC(F)F)NCc1cccs1. The van der Waals surface area contributed by atoms with Gasteiger partial charge in [-0.3, -0.25) is 9.59 Å². The fraction of sp³-hybridized carbons (Fsp3) is 0.200. The van der Waals surface area contributed by atoms with Crippen LogP contribution < -0.4 is 15.4 Å². The Morgan fingerprint density at radius 1 is 1.13 bits per heavy atom. The van der Waals surface area contributed by atoms with Crippen molar-refractivity contribution in [3.63, 3.8) is 0 Å². The lowest BCUT2D eigenvalue weighted by molar-refractivity contribution is -0.120. The Hall–Kier alpha value is -2.48. The van der Waals surface area contributed by atoms with Gasteiger partial charge in [0.25, 0.3) is 5.91 Å². The molecule has 0 saturated heterocycles. The normalized spacial score (nSPS) is 10.4. The maximum Gasteiger partial charge on any atom is 0.387 e. The maximum absolute atomic E-state index is 12.3. The summed E-state index contributed by atoms with van der Waals surface area (Å²) < 4.78 is 28.9. The summed E-state index contributed by atoms with van der Waals surface area (Å²) >= 11 is 1.50. The molecule has 5 nitrogen and oxygen atoms in total. The molecule has 1 heterocycles. The van der Waals surface area contributed by atoms with Gasteiger partial charge in [-0.2, -0.15) is 8.78 Å². The van der Waals surface area contributed by atoms with Gasteiger partial charge in [-0.25, -0.2) is 0 Å². The van der Waals surface area contributed by atoms with Gasteiger partial charge in [0.05, 0.1) is 18.7 Å².